The van der Waals surface area contributed by atoms with Crippen molar-refractivity contribution in [3.8, 4) is 0 Å². The van der Waals surface area contributed by atoms with Gasteiger partial charge in [0.05, 0.1) is 0 Å². The van der Waals surface area contributed by atoms with Crippen LogP contribution in [0.15, 0.2) is 30.3 Å². The predicted octanol–water partition coefficient (Wildman–Crippen LogP) is 0.921. The van der Waals surface area contributed by atoms with Gasteiger partial charge in [0.25, 0.3) is 0 Å². The summed E-state index contributed by atoms with van der Waals surface area (Å²) in [4.78, 5) is 0. The smallest absolute Gasteiger partial charge is 0.328 e. The topological polar surface area (TPSA) is 101 Å². The summed E-state index contributed by atoms with van der Waals surface area (Å²) in [5.41, 5.74) is 6.94. The minimum atomic E-state index is -4.67. The zero-order chi connectivity index (χ0) is 11.9. The van der Waals surface area contributed by atoms with Crippen LogP contribution in [-0.4, -0.2) is 23.6 Å². The monoisotopic (exact) mass is 430 g/mol. The molecule has 7 heteroatoms. The van der Waals surface area contributed by atoms with E-state index in [0.29, 0.717) is 0 Å². The molecule has 16 heavy (non-hydrogen) atoms. The van der Waals surface area contributed by atoms with Gasteiger partial charge in [0, 0.05) is 28.4 Å². The van der Waals surface area contributed by atoms with Gasteiger partial charge < -0.3 is 5.73 Å². The van der Waals surface area contributed by atoms with Crippen LogP contribution < -0.4 is 5.73 Å². The summed E-state index contributed by atoms with van der Waals surface area (Å²) in [7, 11) is -4.67. The Labute approximate surface area is 111 Å². The zero-order valence-corrected chi connectivity index (χ0v) is 11.7. The quantitative estimate of drug-likeness (QED) is 0.479. The molecule has 1 rings (SSSR count). The third-order valence-electron chi connectivity index (χ3n) is 1.40. The average Bonchev–Trinajstić information content (AvgIpc) is 2.01. The van der Waals surface area contributed by atoms with Crippen LogP contribution >= 0.6 is 0 Å². The zero-order valence-electron chi connectivity index (χ0n) is 8.67. The maximum atomic E-state index is 8.74. The number of hydrogen-bond acceptors (Lipinski definition) is 3. The van der Waals surface area contributed by atoms with Gasteiger partial charge in [0.1, 0.15) is 0 Å². The molecule has 1 aromatic rings. The molecule has 4 N–H and O–H groups in total. The SMILES string of the molecule is C[C@H](N)Cc1ccccc1.O=S(=O)(O)O.[Au]. The predicted molar refractivity (Wildman–Crippen MR) is 58.0 cm³/mol. The Hall–Kier alpha value is -0.210. The first kappa shape index (κ1) is 18.2. The van der Waals surface area contributed by atoms with E-state index >= 15 is 0 Å². The molecule has 0 saturated carbocycles. The fourth-order valence-electron chi connectivity index (χ4n) is 0.986. The summed E-state index contributed by atoms with van der Waals surface area (Å²) in [5, 5.41) is 0. The first-order valence-electron chi connectivity index (χ1n) is 4.28. The van der Waals surface area contributed by atoms with Gasteiger partial charge in [0.2, 0.25) is 0 Å². The molecule has 0 spiro atoms. The van der Waals surface area contributed by atoms with E-state index in [-0.39, 0.29) is 28.4 Å². The molecule has 1 aromatic carbocycles. The van der Waals surface area contributed by atoms with Crippen molar-refractivity contribution in [3.05, 3.63) is 35.9 Å². The molecule has 5 nitrogen and oxygen atoms in total. The first-order chi connectivity index (χ1) is 6.79. The summed E-state index contributed by atoms with van der Waals surface area (Å²) >= 11 is 0. The van der Waals surface area contributed by atoms with E-state index in [9.17, 15) is 0 Å². The van der Waals surface area contributed by atoms with Crippen LogP contribution in [0.4, 0.5) is 0 Å². The van der Waals surface area contributed by atoms with Crippen LogP contribution in [0, 0.1) is 0 Å². The fraction of sp³-hybridized carbons (Fsp3) is 0.333. The molecule has 1 radical (unpaired) electrons. The van der Waals surface area contributed by atoms with Gasteiger partial charge >= 0.3 is 10.4 Å². The summed E-state index contributed by atoms with van der Waals surface area (Å²) in [6, 6.07) is 10.6. The standard InChI is InChI=1S/C9H13N.Au.H2O4S/c1-8(10)7-9-5-3-2-4-6-9;;1-5(2,3)4/h2-6,8H,7,10H2,1H3;;(H2,1,2,3,4)/t8-;;/m0../s1. The number of nitrogens with two attached hydrogens (primary N) is 1. The molecule has 0 bridgehead atoms. The van der Waals surface area contributed by atoms with Crippen molar-refractivity contribution in [1.29, 1.82) is 0 Å². The molecule has 0 saturated heterocycles. The van der Waals surface area contributed by atoms with Crippen LogP contribution in [0.3, 0.4) is 0 Å². The Morgan fingerprint density at radius 3 is 1.94 bits per heavy atom. The van der Waals surface area contributed by atoms with E-state index in [4.69, 9.17) is 23.3 Å². The summed E-state index contributed by atoms with van der Waals surface area (Å²) in [6.45, 7) is 2.02. The minimum absolute atomic E-state index is 0. The summed E-state index contributed by atoms with van der Waals surface area (Å²) in [6.07, 6.45) is 0.973. The number of hydrogen-bond donors (Lipinski definition) is 3. The second-order valence-electron chi connectivity index (χ2n) is 3.11. The Balaban J connectivity index is 0. The Morgan fingerprint density at radius 2 is 1.62 bits per heavy atom. The Kier molecular flexibility index (Phi) is 10.1. The van der Waals surface area contributed by atoms with Gasteiger partial charge in [-0.2, -0.15) is 8.42 Å². The fourth-order valence-corrected chi connectivity index (χ4v) is 0.986. The van der Waals surface area contributed by atoms with E-state index < -0.39 is 10.4 Å². The van der Waals surface area contributed by atoms with Gasteiger partial charge in [-0.05, 0) is 18.9 Å². The average molecular weight is 430 g/mol. The van der Waals surface area contributed by atoms with E-state index in [1.165, 1.54) is 5.56 Å². The van der Waals surface area contributed by atoms with Crippen molar-refractivity contribution in [3.63, 3.8) is 0 Å². The molecular weight excluding hydrogens is 415 g/mol. The Morgan fingerprint density at radius 1 is 1.25 bits per heavy atom. The Bertz CT molecular complexity index is 358. The maximum Gasteiger partial charge on any atom is 0.394 e. The minimum Gasteiger partial charge on any atom is -0.328 e. The van der Waals surface area contributed by atoms with Crippen LogP contribution in [0.25, 0.3) is 0 Å². The molecule has 97 valence electrons. The molecule has 0 amide bonds. The van der Waals surface area contributed by atoms with Gasteiger partial charge in [-0.15, -0.1) is 0 Å². The van der Waals surface area contributed by atoms with Crippen molar-refractivity contribution in [2.24, 2.45) is 5.73 Å². The molecule has 0 aromatic heterocycles. The van der Waals surface area contributed by atoms with Crippen molar-refractivity contribution in [1.82, 2.24) is 0 Å². The summed E-state index contributed by atoms with van der Waals surface area (Å²) in [5.74, 6) is 0. The van der Waals surface area contributed by atoms with Gasteiger partial charge in [-0.3, -0.25) is 9.11 Å². The molecule has 0 fully saturated rings. The van der Waals surface area contributed by atoms with Gasteiger partial charge in [-0.1, -0.05) is 30.3 Å². The molecule has 1 atom stereocenters. The normalized spacial score (nSPS) is 11.8. The van der Waals surface area contributed by atoms with Gasteiger partial charge in [-0.25, -0.2) is 0 Å². The third-order valence-corrected chi connectivity index (χ3v) is 1.40. The van der Waals surface area contributed by atoms with E-state index in [2.05, 4.69) is 12.1 Å². The number of rotatable bonds is 2. The molecular formula is C9H15AuNO4S. The van der Waals surface area contributed by atoms with Crippen LogP contribution in [0.2, 0.25) is 0 Å². The second kappa shape index (κ2) is 8.89. The van der Waals surface area contributed by atoms with Crippen LogP contribution in [-0.2, 0) is 39.2 Å². The van der Waals surface area contributed by atoms with E-state index in [1.54, 1.807) is 0 Å². The van der Waals surface area contributed by atoms with Crippen molar-refractivity contribution < 1.29 is 39.9 Å². The van der Waals surface area contributed by atoms with E-state index in [1.807, 2.05) is 25.1 Å². The second-order valence-corrected chi connectivity index (χ2v) is 4.01. The molecule has 0 heterocycles. The van der Waals surface area contributed by atoms with E-state index in [0.717, 1.165) is 6.42 Å². The van der Waals surface area contributed by atoms with Crippen molar-refractivity contribution in [2.45, 2.75) is 19.4 Å². The van der Waals surface area contributed by atoms with Crippen LogP contribution in [0.5, 0.6) is 0 Å². The summed E-state index contributed by atoms with van der Waals surface area (Å²) < 4.78 is 31.6. The first-order valence-corrected chi connectivity index (χ1v) is 5.68. The number of benzene rings is 1. The molecule has 0 aliphatic rings. The maximum absolute atomic E-state index is 8.74. The molecule has 0 aliphatic heterocycles. The van der Waals surface area contributed by atoms with Crippen molar-refractivity contribution in [2.75, 3.05) is 0 Å². The van der Waals surface area contributed by atoms with Crippen molar-refractivity contribution >= 4 is 10.4 Å². The van der Waals surface area contributed by atoms with Gasteiger partial charge in [0.15, 0.2) is 0 Å². The van der Waals surface area contributed by atoms with Crippen LogP contribution in [0.1, 0.15) is 12.5 Å². The third kappa shape index (κ3) is 16.2. The largest absolute Gasteiger partial charge is 0.394 e. The molecule has 0 unspecified atom stereocenters. The molecule has 0 aliphatic carbocycles.